The molecule has 0 bridgehead atoms. The third-order valence-electron chi connectivity index (χ3n) is 3.18. The maximum atomic E-state index is 11.7. The summed E-state index contributed by atoms with van der Waals surface area (Å²) in [4.78, 5) is 9.65. The molecule has 1 N–H and O–H groups in total. The van der Waals surface area contributed by atoms with Crippen LogP contribution in [-0.4, -0.2) is 31.7 Å². The number of nitrogens with zero attached hydrogens (tertiary/aromatic N) is 2. The second-order valence-corrected chi connectivity index (χ2v) is 7.48. The first-order valence-corrected chi connectivity index (χ1v) is 8.98. The Morgan fingerprint density at radius 2 is 2.05 bits per heavy atom. The van der Waals surface area contributed by atoms with Crippen molar-refractivity contribution in [2.24, 2.45) is 0 Å². The summed E-state index contributed by atoms with van der Waals surface area (Å²) >= 11 is 1.51. The molecule has 0 atom stereocenters. The highest BCUT2D eigenvalue weighted by molar-refractivity contribution is 7.90. The molecular formula is C14H13N3O2S2. The van der Waals surface area contributed by atoms with Crippen molar-refractivity contribution < 1.29 is 8.42 Å². The molecule has 0 aliphatic carbocycles. The molecule has 2 aromatic heterocycles. The average molecular weight is 319 g/mol. The molecule has 0 aliphatic rings. The van der Waals surface area contributed by atoms with E-state index in [4.69, 9.17) is 0 Å². The molecule has 7 heteroatoms. The summed E-state index contributed by atoms with van der Waals surface area (Å²) in [6, 6.07) is 6.92. The van der Waals surface area contributed by atoms with Crippen LogP contribution >= 0.6 is 11.3 Å². The number of rotatable bonds is 3. The number of anilines is 1. The van der Waals surface area contributed by atoms with Crippen molar-refractivity contribution in [2.45, 2.75) is 4.90 Å². The molecule has 0 saturated carbocycles. The lowest BCUT2D eigenvalue weighted by Gasteiger charge is -2.06. The maximum absolute atomic E-state index is 11.7. The number of aromatic nitrogens is 2. The Balaban J connectivity index is 2.26. The van der Waals surface area contributed by atoms with E-state index in [9.17, 15) is 8.42 Å². The van der Waals surface area contributed by atoms with Crippen LogP contribution < -0.4 is 5.32 Å². The first-order chi connectivity index (χ1) is 10.0. The molecule has 1 aromatic carbocycles. The van der Waals surface area contributed by atoms with E-state index < -0.39 is 9.84 Å². The van der Waals surface area contributed by atoms with Crippen LogP contribution in [0.4, 0.5) is 5.82 Å². The fourth-order valence-corrected chi connectivity index (χ4v) is 3.75. The fraction of sp³-hybridized carbons (Fsp3) is 0.143. The number of hydrogen-bond acceptors (Lipinski definition) is 6. The summed E-state index contributed by atoms with van der Waals surface area (Å²) in [7, 11) is -1.43. The molecule has 0 amide bonds. The zero-order chi connectivity index (χ0) is 15.0. The summed E-state index contributed by atoms with van der Waals surface area (Å²) in [6.07, 6.45) is 2.72. The molecule has 0 spiro atoms. The third kappa shape index (κ3) is 2.50. The van der Waals surface area contributed by atoms with Crippen molar-refractivity contribution in [2.75, 3.05) is 18.6 Å². The monoisotopic (exact) mass is 319 g/mol. The Kier molecular flexibility index (Phi) is 3.38. The molecule has 0 radical (unpaired) electrons. The largest absolute Gasteiger partial charge is 0.372 e. The van der Waals surface area contributed by atoms with Crippen LogP contribution in [0.2, 0.25) is 0 Å². The molecule has 108 valence electrons. The molecule has 2 heterocycles. The normalized spacial score (nSPS) is 11.7. The lowest BCUT2D eigenvalue weighted by atomic mass is 10.1. The second kappa shape index (κ2) is 5.09. The molecule has 0 aliphatic heterocycles. The lowest BCUT2D eigenvalue weighted by Crippen LogP contribution is -1.97. The van der Waals surface area contributed by atoms with Crippen LogP contribution in [0.3, 0.4) is 0 Å². The fourth-order valence-electron chi connectivity index (χ4n) is 2.17. The highest BCUT2D eigenvalue weighted by Crippen LogP contribution is 2.36. The van der Waals surface area contributed by atoms with Gasteiger partial charge < -0.3 is 5.32 Å². The predicted octanol–water partition coefficient (Wildman–Crippen LogP) is 2.80. The van der Waals surface area contributed by atoms with Crippen molar-refractivity contribution >= 4 is 37.2 Å². The summed E-state index contributed by atoms with van der Waals surface area (Å²) in [5.74, 6) is 0.737. The van der Waals surface area contributed by atoms with Crippen molar-refractivity contribution in [1.29, 1.82) is 0 Å². The maximum Gasteiger partial charge on any atom is 0.175 e. The Hall–Kier alpha value is -1.99. The van der Waals surface area contributed by atoms with Gasteiger partial charge in [0.1, 0.15) is 17.0 Å². The van der Waals surface area contributed by atoms with E-state index in [-0.39, 0.29) is 0 Å². The van der Waals surface area contributed by atoms with Gasteiger partial charge in [0.05, 0.1) is 10.3 Å². The molecular weight excluding hydrogens is 306 g/mol. The van der Waals surface area contributed by atoms with Crippen LogP contribution in [0.1, 0.15) is 0 Å². The standard InChI is InChI=1S/C14H13N3O2S2/c1-15-13-12-11(7-20-14(12)17-8-16-13)9-4-3-5-10(6-9)21(2,18)19/h3-8H,1-2H3,(H,15,16,17). The van der Waals surface area contributed by atoms with Crippen molar-refractivity contribution in [3.8, 4) is 11.1 Å². The topological polar surface area (TPSA) is 72.0 Å². The van der Waals surface area contributed by atoms with Gasteiger partial charge in [-0.15, -0.1) is 11.3 Å². The summed E-state index contributed by atoms with van der Waals surface area (Å²) < 4.78 is 23.4. The van der Waals surface area contributed by atoms with E-state index in [0.717, 1.165) is 27.2 Å². The number of hydrogen-bond donors (Lipinski definition) is 1. The van der Waals surface area contributed by atoms with Gasteiger partial charge in [0.25, 0.3) is 0 Å². The molecule has 0 unspecified atom stereocenters. The van der Waals surface area contributed by atoms with E-state index in [1.54, 1.807) is 25.2 Å². The summed E-state index contributed by atoms with van der Waals surface area (Å²) in [5.41, 5.74) is 1.78. The summed E-state index contributed by atoms with van der Waals surface area (Å²) in [5, 5.41) is 5.93. The zero-order valence-corrected chi connectivity index (χ0v) is 13.1. The van der Waals surface area contributed by atoms with Crippen LogP contribution in [0, 0.1) is 0 Å². The van der Waals surface area contributed by atoms with Gasteiger partial charge in [-0.1, -0.05) is 12.1 Å². The minimum Gasteiger partial charge on any atom is -0.372 e. The number of sulfone groups is 1. The minimum atomic E-state index is -3.23. The second-order valence-electron chi connectivity index (χ2n) is 4.60. The van der Waals surface area contributed by atoms with Gasteiger partial charge in [-0.2, -0.15) is 0 Å². The highest BCUT2D eigenvalue weighted by Gasteiger charge is 2.14. The first-order valence-electron chi connectivity index (χ1n) is 6.21. The van der Waals surface area contributed by atoms with E-state index in [1.165, 1.54) is 23.9 Å². The van der Waals surface area contributed by atoms with Crippen LogP contribution in [0.15, 0.2) is 40.9 Å². The van der Waals surface area contributed by atoms with Crippen LogP contribution in [0.5, 0.6) is 0 Å². The van der Waals surface area contributed by atoms with Gasteiger partial charge in [-0.05, 0) is 17.7 Å². The van der Waals surface area contributed by atoms with E-state index in [0.29, 0.717) is 4.90 Å². The minimum absolute atomic E-state index is 0.308. The van der Waals surface area contributed by atoms with Gasteiger partial charge in [0, 0.05) is 24.2 Å². The SMILES string of the molecule is CNc1ncnc2scc(-c3cccc(S(C)(=O)=O)c3)c12. The highest BCUT2D eigenvalue weighted by atomic mass is 32.2. The Morgan fingerprint density at radius 3 is 2.76 bits per heavy atom. The van der Waals surface area contributed by atoms with E-state index in [1.807, 2.05) is 11.4 Å². The van der Waals surface area contributed by atoms with Gasteiger partial charge in [-0.25, -0.2) is 18.4 Å². The Morgan fingerprint density at radius 1 is 1.24 bits per heavy atom. The quantitative estimate of drug-likeness (QED) is 0.803. The molecule has 0 fully saturated rings. The Bertz CT molecular complexity index is 917. The van der Waals surface area contributed by atoms with Crippen LogP contribution in [0.25, 0.3) is 21.3 Å². The number of nitrogens with one attached hydrogen (secondary N) is 1. The van der Waals surface area contributed by atoms with Crippen molar-refractivity contribution in [3.05, 3.63) is 36.0 Å². The van der Waals surface area contributed by atoms with E-state index in [2.05, 4.69) is 15.3 Å². The predicted molar refractivity (Wildman–Crippen MR) is 85.5 cm³/mol. The van der Waals surface area contributed by atoms with Crippen LogP contribution in [-0.2, 0) is 9.84 Å². The van der Waals surface area contributed by atoms with Gasteiger partial charge >= 0.3 is 0 Å². The van der Waals surface area contributed by atoms with Gasteiger partial charge in [0.2, 0.25) is 0 Å². The molecule has 3 aromatic rings. The Labute approximate surface area is 126 Å². The van der Waals surface area contributed by atoms with Gasteiger partial charge in [-0.3, -0.25) is 0 Å². The summed E-state index contributed by atoms with van der Waals surface area (Å²) in [6.45, 7) is 0. The zero-order valence-electron chi connectivity index (χ0n) is 11.5. The van der Waals surface area contributed by atoms with Crippen molar-refractivity contribution in [3.63, 3.8) is 0 Å². The third-order valence-corrected chi connectivity index (χ3v) is 5.18. The van der Waals surface area contributed by atoms with E-state index >= 15 is 0 Å². The number of fused-ring (bicyclic) bond motifs is 1. The average Bonchev–Trinajstić information content (AvgIpc) is 2.90. The lowest BCUT2D eigenvalue weighted by molar-refractivity contribution is 0.602. The molecule has 5 nitrogen and oxygen atoms in total. The number of thiophene rings is 1. The number of benzene rings is 1. The smallest absolute Gasteiger partial charge is 0.175 e. The molecule has 0 saturated heterocycles. The van der Waals surface area contributed by atoms with Crippen molar-refractivity contribution in [1.82, 2.24) is 9.97 Å². The molecule has 3 rings (SSSR count). The van der Waals surface area contributed by atoms with Gasteiger partial charge in [0.15, 0.2) is 9.84 Å². The first kappa shape index (κ1) is 14.0. The molecule has 21 heavy (non-hydrogen) atoms.